The van der Waals surface area contributed by atoms with E-state index >= 15 is 0 Å². The highest BCUT2D eigenvalue weighted by Crippen LogP contribution is 2.20. The van der Waals surface area contributed by atoms with Gasteiger partial charge < -0.3 is 15.4 Å². The number of rotatable bonds is 5. The van der Waals surface area contributed by atoms with Crippen LogP contribution in [0, 0.1) is 13.8 Å². The summed E-state index contributed by atoms with van der Waals surface area (Å²) in [4.78, 5) is 2.47. The third-order valence-electron chi connectivity index (χ3n) is 4.22. The zero-order valence-electron chi connectivity index (χ0n) is 13.1. The molecule has 2 rings (SSSR count). The maximum atomic E-state index is 6.40. The Morgan fingerprint density at radius 1 is 1.30 bits per heavy atom. The molecule has 0 amide bonds. The molecule has 1 saturated heterocycles. The van der Waals surface area contributed by atoms with E-state index in [-0.39, 0.29) is 6.04 Å². The Bertz CT molecular complexity index is 425. The second kappa shape index (κ2) is 7.21. The van der Waals surface area contributed by atoms with E-state index in [1.54, 1.807) is 0 Å². The molecule has 1 heterocycles. The summed E-state index contributed by atoms with van der Waals surface area (Å²) in [5.41, 5.74) is 10.3. The van der Waals surface area contributed by atoms with Crippen LogP contribution in [0.4, 0.5) is 0 Å². The molecular weight excluding hydrogens is 248 g/mol. The molecular formula is C17H28N2O. The molecule has 1 unspecified atom stereocenters. The third kappa shape index (κ3) is 4.05. The monoisotopic (exact) mass is 276 g/mol. The highest BCUT2D eigenvalue weighted by atomic mass is 16.5. The van der Waals surface area contributed by atoms with Gasteiger partial charge in [-0.25, -0.2) is 0 Å². The number of benzene rings is 1. The Morgan fingerprint density at radius 2 is 2.00 bits per heavy atom. The first-order chi connectivity index (χ1) is 9.60. The first-order valence-electron chi connectivity index (χ1n) is 7.76. The largest absolute Gasteiger partial charge is 0.378 e. The number of aryl methyl sites for hydroxylation is 2. The maximum Gasteiger partial charge on any atom is 0.0599 e. The molecule has 20 heavy (non-hydrogen) atoms. The molecule has 0 radical (unpaired) electrons. The summed E-state index contributed by atoms with van der Waals surface area (Å²) in [6.45, 7) is 10.3. The van der Waals surface area contributed by atoms with Gasteiger partial charge in [-0.05, 0) is 44.7 Å². The molecule has 112 valence electrons. The van der Waals surface area contributed by atoms with E-state index in [1.165, 1.54) is 16.7 Å². The number of ether oxygens (including phenoxy) is 1. The van der Waals surface area contributed by atoms with Gasteiger partial charge in [0.15, 0.2) is 0 Å². The second-order valence-electron chi connectivity index (χ2n) is 5.92. The van der Waals surface area contributed by atoms with E-state index in [9.17, 15) is 0 Å². The highest BCUT2D eigenvalue weighted by molar-refractivity contribution is 5.32. The van der Waals surface area contributed by atoms with Crippen LogP contribution < -0.4 is 5.73 Å². The van der Waals surface area contributed by atoms with Crippen molar-refractivity contribution in [1.29, 1.82) is 0 Å². The Balaban J connectivity index is 1.87. The fourth-order valence-electron chi connectivity index (χ4n) is 3.11. The van der Waals surface area contributed by atoms with E-state index < -0.39 is 0 Å². The standard InChI is InChI=1S/C17H28N2O/c1-4-20-15-7-9-19(10-8-15)12-17(18)16-6-5-13(2)11-14(16)3/h5-6,11,15,17H,4,7-10,12,18H2,1-3H3. The molecule has 0 saturated carbocycles. The molecule has 0 bridgehead atoms. The molecule has 1 aliphatic rings. The molecule has 3 nitrogen and oxygen atoms in total. The van der Waals surface area contributed by atoms with Gasteiger partial charge >= 0.3 is 0 Å². The molecule has 3 heteroatoms. The lowest BCUT2D eigenvalue weighted by Crippen LogP contribution is -2.40. The van der Waals surface area contributed by atoms with Crippen LogP contribution in [0.5, 0.6) is 0 Å². The van der Waals surface area contributed by atoms with Gasteiger partial charge in [-0.3, -0.25) is 0 Å². The Morgan fingerprint density at radius 3 is 2.60 bits per heavy atom. The van der Waals surface area contributed by atoms with Crippen molar-refractivity contribution in [2.45, 2.75) is 45.8 Å². The first kappa shape index (κ1) is 15.5. The van der Waals surface area contributed by atoms with E-state index in [4.69, 9.17) is 10.5 Å². The van der Waals surface area contributed by atoms with Gasteiger partial charge in [-0.1, -0.05) is 23.8 Å². The van der Waals surface area contributed by atoms with E-state index in [1.807, 2.05) is 0 Å². The average Bonchev–Trinajstić information content (AvgIpc) is 2.41. The quantitative estimate of drug-likeness (QED) is 0.898. The van der Waals surface area contributed by atoms with Gasteiger partial charge in [0.1, 0.15) is 0 Å². The summed E-state index contributed by atoms with van der Waals surface area (Å²) in [6, 6.07) is 6.67. The predicted octanol–water partition coefficient (Wildman–Crippen LogP) is 2.80. The van der Waals surface area contributed by atoms with Crippen LogP contribution in [0.15, 0.2) is 18.2 Å². The Hall–Kier alpha value is -0.900. The lowest BCUT2D eigenvalue weighted by Gasteiger charge is -2.33. The zero-order chi connectivity index (χ0) is 14.5. The number of hydrogen-bond acceptors (Lipinski definition) is 3. The van der Waals surface area contributed by atoms with E-state index in [0.29, 0.717) is 6.10 Å². The summed E-state index contributed by atoms with van der Waals surface area (Å²) in [5, 5.41) is 0. The molecule has 0 aliphatic carbocycles. The van der Waals surface area contributed by atoms with Crippen LogP contribution in [0.1, 0.15) is 42.5 Å². The highest BCUT2D eigenvalue weighted by Gasteiger charge is 2.21. The van der Waals surface area contributed by atoms with Crippen molar-refractivity contribution in [2.75, 3.05) is 26.2 Å². The molecule has 1 atom stereocenters. The van der Waals surface area contributed by atoms with Crippen LogP contribution in [0.25, 0.3) is 0 Å². The molecule has 2 N–H and O–H groups in total. The topological polar surface area (TPSA) is 38.5 Å². The Kier molecular flexibility index (Phi) is 5.58. The fourth-order valence-corrected chi connectivity index (χ4v) is 3.11. The van der Waals surface area contributed by atoms with Crippen LogP contribution in [-0.2, 0) is 4.74 Å². The number of nitrogens with zero attached hydrogens (tertiary/aromatic N) is 1. The van der Waals surface area contributed by atoms with Gasteiger partial charge in [0.05, 0.1) is 6.10 Å². The van der Waals surface area contributed by atoms with E-state index in [2.05, 4.69) is 43.9 Å². The van der Waals surface area contributed by atoms with Gasteiger partial charge in [-0.15, -0.1) is 0 Å². The number of piperidine rings is 1. The lowest BCUT2D eigenvalue weighted by molar-refractivity contribution is 0.0131. The number of hydrogen-bond donors (Lipinski definition) is 1. The molecule has 1 fully saturated rings. The molecule has 0 spiro atoms. The number of likely N-dealkylation sites (tertiary alicyclic amines) is 1. The van der Waals surface area contributed by atoms with Crippen LogP contribution in [0.2, 0.25) is 0 Å². The maximum absolute atomic E-state index is 6.40. The van der Waals surface area contributed by atoms with Crippen LogP contribution in [-0.4, -0.2) is 37.2 Å². The number of nitrogens with two attached hydrogens (primary N) is 1. The minimum absolute atomic E-state index is 0.110. The van der Waals surface area contributed by atoms with Crippen LogP contribution in [0.3, 0.4) is 0 Å². The van der Waals surface area contributed by atoms with Crippen molar-refractivity contribution < 1.29 is 4.74 Å². The lowest BCUT2D eigenvalue weighted by atomic mass is 9.98. The van der Waals surface area contributed by atoms with Gasteiger partial charge in [-0.2, -0.15) is 0 Å². The molecule has 1 aromatic carbocycles. The third-order valence-corrected chi connectivity index (χ3v) is 4.22. The minimum Gasteiger partial charge on any atom is -0.378 e. The normalized spacial score (nSPS) is 19.2. The van der Waals surface area contributed by atoms with Gasteiger partial charge in [0.2, 0.25) is 0 Å². The van der Waals surface area contributed by atoms with E-state index in [0.717, 1.165) is 39.1 Å². The van der Waals surface area contributed by atoms with Crippen molar-refractivity contribution >= 4 is 0 Å². The predicted molar refractivity (Wildman–Crippen MR) is 83.9 cm³/mol. The molecule has 1 aromatic rings. The molecule has 1 aliphatic heterocycles. The summed E-state index contributed by atoms with van der Waals surface area (Å²) in [7, 11) is 0. The van der Waals surface area contributed by atoms with Crippen LogP contribution >= 0.6 is 0 Å². The average molecular weight is 276 g/mol. The minimum atomic E-state index is 0.110. The molecule has 0 aromatic heterocycles. The van der Waals surface area contributed by atoms with Gasteiger partial charge in [0, 0.05) is 32.3 Å². The summed E-state index contributed by atoms with van der Waals surface area (Å²) >= 11 is 0. The van der Waals surface area contributed by atoms with Crippen molar-refractivity contribution in [3.63, 3.8) is 0 Å². The second-order valence-corrected chi connectivity index (χ2v) is 5.92. The van der Waals surface area contributed by atoms with Crippen molar-refractivity contribution in [3.8, 4) is 0 Å². The van der Waals surface area contributed by atoms with Gasteiger partial charge in [0.25, 0.3) is 0 Å². The van der Waals surface area contributed by atoms with Crippen molar-refractivity contribution in [2.24, 2.45) is 5.73 Å². The zero-order valence-corrected chi connectivity index (χ0v) is 13.1. The van der Waals surface area contributed by atoms with Crippen molar-refractivity contribution in [3.05, 3.63) is 34.9 Å². The smallest absolute Gasteiger partial charge is 0.0599 e. The first-order valence-corrected chi connectivity index (χ1v) is 7.76. The fraction of sp³-hybridized carbons (Fsp3) is 0.647. The summed E-state index contributed by atoms with van der Waals surface area (Å²) in [5.74, 6) is 0. The SMILES string of the molecule is CCOC1CCN(CC(N)c2ccc(C)cc2C)CC1. The van der Waals surface area contributed by atoms with Crippen molar-refractivity contribution in [1.82, 2.24) is 4.90 Å². The Labute approximate surface area is 123 Å². The summed E-state index contributed by atoms with van der Waals surface area (Å²) in [6.07, 6.45) is 2.72. The summed E-state index contributed by atoms with van der Waals surface area (Å²) < 4.78 is 5.70.